The molecule has 0 unspecified atom stereocenters. The number of hydrogen-bond donors (Lipinski definition) is 2. The maximum absolute atomic E-state index is 10.5. The summed E-state index contributed by atoms with van der Waals surface area (Å²) in [5.74, 6) is -0.333. The molecule has 0 bridgehead atoms. The van der Waals surface area contributed by atoms with Crippen molar-refractivity contribution in [3.05, 3.63) is 29.8 Å². The van der Waals surface area contributed by atoms with E-state index in [-0.39, 0.29) is 12.5 Å². The van der Waals surface area contributed by atoms with Gasteiger partial charge >= 0.3 is 0 Å². The molecule has 0 heterocycles. The minimum Gasteiger partial charge on any atom is -0.378 e. The number of nitrogens with two attached hydrogens (primary N) is 1. The van der Waals surface area contributed by atoms with Crippen LogP contribution in [0, 0.1) is 0 Å². The summed E-state index contributed by atoms with van der Waals surface area (Å²) < 4.78 is 0. The van der Waals surface area contributed by atoms with Crippen LogP contribution in [0.4, 0.5) is 5.69 Å². The quantitative estimate of drug-likeness (QED) is 0.731. The van der Waals surface area contributed by atoms with Crippen molar-refractivity contribution in [2.45, 2.75) is 6.54 Å². The molecular weight excluding hydrogens is 190 g/mol. The van der Waals surface area contributed by atoms with Crippen molar-refractivity contribution in [3.8, 4) is 0 Å². The molecule has 0 spiro atoms. The van der Waals surface area contributed by atoms with E-state index in [0.717, 1.165) is 11.3 Å². The van der Waals surface area contributed by atoms with Crippen molar-refractivity contribution in [1.29, 1.82) is 0 Å². The van der Waals surface area contributed by atoms with Crippen LogP contribution in [0.5, 0.6) is 0 Å². The zero-order chi connectivity index (χ0) is 11.3. The van der Waals surface area contributed by atoms with Crippen LogP contribution >= 0.6 is 0 Å². The molecular formula is C11H17N3O. The zero-order valence-corrected chi connectivity index (χ0v) is 9.16. The molecule has 1 aromatic carbocycles. The molecule has 0 saturated heterocycles. The van der Waals surface area contributed by atoms with Gasteiger partial charge in [-0.15, -0.1) is 0 Å². The van der Waals surface area contributed by atoms with Gasteiger partial charge in [-0.3, -0.25) is 4.79 Å². The van der Waals surface area contributed by atoms with Gasteiger partial charge in [0.15, 0.2) is 0 Å². The summed E-state index contributed by atoms with van der Waals surface area (Å²) in [6, 6.07) is 8.15. The van der Waals surface area contributed by atoms with E-state index in [4.69, 9.17) is 5.73 Å². The van der Waals surface area contributed by atoms with E-state index in [2.05, 4.69) is 5.32 Å². The highest BCUT2D eigenvalue weighted by Gasteiger charge is 1.97. The van der Waals surface area contributed by atoms with Gasteiger partial charge in [-0.05, 0) is 17.7 Å². The average Bonchev–Trinajstić information content (AvgIpc) is 2.18. The van der Waals surface area contributed by atoms with Gasteiger partial charge < -0.3 is 16.0 Å². The molecule has 0 radical (unpaired) electrons. The molecule has 1 amide bonds. The largest absolute Gasteiger partial charge is 0.378 e. The van der Waals surface area contributed by atoms with Gasteiger partial charge in [0.1, 0.15) is 0 Å². The lowest BCUT2D eigenvalue weighted by Gasteiger charge is -2.12. The van der Waals surface area contributed by atoms with Gasteiger partial charge in [0.2, 0.25) is 5.91 Å². The first-order valence-electron chi connectivity index (χ1n) is 4.85. The Morgan fingerprint density at radius 1 is 1.33 bits per heavy atom. The fourth-order valence-electron chi connectivity index (χ4n) is 1.24. The Balaban J connectivity index is 2.46. The lowest BCUT2D eigenvalue weighted by atomic mass is 10.2. The molecule has 0 atom stereocenters. The van der Waals surface area contributed by atoms with Gasteiger partial charge in [0.25, 0.3) is 0 Å². The average molecular weight is 207 g/mol. The van der Waals surface area contributed by atoms with Crippen molar-refractivity contribution >= 4 is 11.6 Å². The number of rotatable bonds is 5. The Bertz CT molecular complexity index is 319. The molecule has 0 saturated carbocycles. The predicted molar refractivity (Wildman–Crippen MR) is 61.7 cm³/mol. The Morgan fingerprint density at radius 3 is 2.40 bits per heavy atom. The van der Waals surface area contributed by atoms with E-state index in [0.29, 0.717) is 6.54 Å². The molecule has 4 heteroatoms. The Kier molecular flexibility index (Phi) is 4.12. The zero-order valence-electron chi connectivity index (χ0n) is 9.16. The molecule has 0 aliphatic carbocycles. The maximum atomic E-state index is 10.5. The lowest BCUT2D eigenvalue weighted by Crippen LogP contribution is -2.28. The minimum absolute atomic E-state index is 0.218. The number of nitrogens with one attached hydrogen (secondary N) is 1. The molecule has 0 fully saturated rings. The molecule has 15 heavy (non-hydrogen) atoms. The first-order valence-corrected chi connectivity index (χ1v) is 4.85. The highest BCUT2D eigenvalue weighted by atomic mass is 16.1. The van der Waals surface area contributed by atoms with Gasteiger partial charge in [0.05, 0.1) is 6.54 Å². The van der Waals surface area contributed by atoms with E-state index < -0.39 is 0 Å². The summed E-state index contributed by atoms with van der Waals surface area (Å²) in [5, 5.41) is 2.96. The minimum atomic E-state index is -0.333. The van der Waals surface area contributed by atoms with Gasteiger partial charge in [-0.1, -0.05) is 12.1 Å². The third kappa shape index (κ3) is 3.99. The van der Waals surface area contributed by atoms with Crippen molar-refractivity contribution in [2.75, 3.05) is 25.5 Å². The van der Waals surface area contributed by atoms with Crippen LogP contribution in [0.2, 0.25) is 0 Å². The fourth-order valence-corrected chi connectivity index (χ4v) is 1.24. The molecule has 3 N–H and O–H groups in total. The van der Waals surface area contributed by atoms with E-state index in [1.165, 1.54) is 0 Å². The molecule has 1 aromatic rings. The maximum Gasteiger partial charge on any atom is 0.231 e. The second-order valence-electron chi connectivity index (χ2n) is 3.63. The Labute approximate surface area is 90.1 Å². The number of hydrogen-bond acceptors (Lipinski definition) is 3. The number of carbonyl (C=O) groups is 1. The van der Waals surface area contributed by atoms with Crippen LogP contribution in [0.1, 0.15) is 5.56 Å². The number of anilines is 1. The third-order valence-corrected chi connectivity index (χ3v) is 2.08. The van der Waals surface area contributed by atoms with Gasteiger partial charge in [-0.2, -0.15) is 0 Å². The molecule has 0 aliphatic heterocycles. The van der Waals surface area contributed by atoms with Crippen LogP contribution < -0.4 is 16.0 Å². The van der Waals surface area contributed by atoms with E-state index in [1.807, 2.05) is 43.3 Å². The first kappa shape index (κ1) is 11.5. The number of primary amides is 1. The summed E-state index contributed by atoms with van der Waals surface area (Å²) in [4.78, 5) is 12.5. The third-order valence-electron chi connectivity index (χ3n) is 2.08. The smallest absolute Gasteiger partial charge is 0.231 e. The number of benzene rings is 1. The van der Waals surface area contributed by atoms with E-state index in [9.17, 15) is 4.79 Å². The summed E-state index contributed by atoms with van der Waals surface area (Å²) in [6.45, 7) is 0.881. The fraction of sp³-hybridized carbons (Fsp3) is 0.364. The van der Waals surface area contributed by atoms with Crippen molar-refractivity contribution in [1.82, 2.24) is 5.32 Å². The SMILES string of the molecule is CN(C)c1ccc(CNCC(N)=O)cc1. The van der Waals surface area contributed by atoms with Gasteiger partial charge in [-0.25, -0.2) is 0 Å². The summed E-state index contributed by atoms with van der Waals surface area (Å²) >= 11 is 0. The van der Waals surface area contributed by atoms with Gasteiger partial charge in [0, 0.05) is 26.3 Å². The monoisotopic (exact) mass is 207 g/mol. The second kappa shape index (κ2) is 5.36. The van der Waals surface area contributed by atoms with E-state index >= 15 is 0 Å². The number of amides is 1. The van der Waals surface area contributed by atoms with Crippen molar-refractivity contribution in [3.63, 3.8) is 0 Å². The molecule has 1 rings (SSSR count). The highest BCUT2D eigenvalue weighted by molar-refractivity contribution is 5.75. The Morgan fingerprint density at radius 2 is 1.93 bits per heavy atom. The molecule has 0 aliphatic rings. The summed E-state index contributed by atoms with van der Waals surface area (Å²) in [5.41, 5.74) is 7.31. The standard InChI is InChI=1S/C11H17N3O/c1-14(2)10-5-3-9(4-6-10)7-13-8-11(12)15/h3-6,13H,7-8H2,1-2H3,(H2,12,15). The van der Waals surface area contributed by atoms with Crippen LogP contribution in [-0.4, -0.2) is 26.5 Å². The topological polar surface area (TPSA) is 58.4 Å². The predicted octanol–water partition coefficient (Wildman–Crippen LogP) is 0.327. The molecule has 0 aromatic heterocycles. The number of nitrogens with zero attached hydrogens (tertiary/aromatic N) is 1. The molecule has 4 nitrogen and oxygen atoms in total. The first-order chi connectivity index (χ1) is 7.09. The normalized spacial score (nSPS) is 10.0. The summed E-state index contributed by atoms with van der Waals surface area (Å²) in [7, 11) is 4.00. The number of carbonyl (C=O) groups excluding carboxylic acids is 1. The van der Waals surface area contributed by atoms with Crippen LogP contribution in [-0.2, 0) is 11.3 Å². The van der Waals surface area contributed by atoms with E-state index in [1.54, 1.807) is 0 Å². The summed E-state index contributed by atoms with van der Waals surface area (Å²) in [6.07, 6.45) is 0. The van der Waals surface area contributed by atoms with Crippen molar-refractivity contribution < 1.29 is 4.79 Å². The second-order valence-corrected chi connectivity index (χ2v) is 3.63. The van der Waals surface area contributed by atoms with Crippen molar-refractivity contribution in [2.24, 2.45) is 5.73 Å². The van der Waals surface area contributed by atoms with Crippen LogP contribution in [0.25, 0.3) is 0 Å². The highest BCUT2D eigenvalue weighted by Crippen LogP contribution is 2.11. The van der Waals surface area contributed by atoms with Crippen LogP contribution in [0.15, 0.2) is 24.3 Å². The van der Waals surface area contributed by atoms with Crippen LogP contribution in [0.3, 0.4) is 0 Å². The Hall–Kier alpha value is -1.55. The lowest BCUT2D eigenvalue weighted by molar-refractivity contribution is -0.117. The molecule has 82 valence electrons.